The minimum absolute atomic E-state index is 0.0433. The first-order chi connectivity index (χ1) is 7.88. The zero-order valence-corrected chi connectivity index (χ0v) is 10.2. The first-order valence-corrected chi connectivity index (χ1v) is 6.12. The summed E-state index contributed by atoms with van der Waals surface area (Å²) in [5.41, 5.74) is 0.268. The molecular weight excluding hydrogens is 249 g/mol. The van der Waals surface area contributed by atoms with Gasteiger partial charge in [-0.15, -0.1) is 11.6 Å². The first-order valence-electron chi connectivity index (χ1n) is 5.68. The number of alkyl halides is 4. The molecule has 1 saturated carbocycles. The van der Waals surface area contributed by atoms with Crippen LogP contribution in [0, 0.1) is 11.8 Å². The van der Waals surface area contributed by atoms with E-state index in [0.29, 0.717) is 18.3 Å². The van der Waals surface area contributed by atoms with Gasteiger partial charge in [-0.3, -0.25) is 0 Å². The van der Waals surface area contributed by atoms with E-state index >= 15 is 0 Å². The van der Waals surface area contributed by atoms with Crippen LogP contribution >= 0.6 is 11.6 Å². The van der Waals surface area contributed by atoms with Crippen LogP contribution in [-0.4, -0.2) is 5.38 Å². The van der Waals surface area contributed by atoms with Gasteiger partial charge in [0, 0.05) is 5.38 Å². The van der Waals surface area contributed by atoms with Crippen LogP contribution in [-0.2, 0) is 12.6 Å². The van der Waals surface area contributed by atoms with Gasteiger partial charge in [0.25, 0.3) is 0 Å². The van der Waals surface area contributed by atoms with Crippen molar-refractivity contribution in [1.82, 2.24) is 0 Å². The second-order valence-electron chi connectivity index (χ2n) is 4.79. The van der Waals surface area contributed by atoms with E-state index in [0.717, 1.165) is 24.1 Å². The van der Waals surface area contributed by atoms with Crippen LogP contribution in [0.25, 0.3) is 0 Å². The summed E-state index contributed by atoms with van der Waals surface area (Å²) in [6, 6.07) is 5.28. The maximum Gasteiger partial charge on any atom is 0.416 e. The molecule has 94 valence electrons. The molecule has 1 fully saturated rings. The van der Waals surface area contributed by atoms with Crippen LogP contribution in [0.3, 0.4) is 0 Å². The third-order valence-electron chi connectivity index (χ3n) is 3.35. The largest absolute Gasteiger partial charge is 0.416 e. The van der Waals surface area contributed by atoms with Gasteiger partial charge in [-0.2, -0.15) is 13.2 Å². The maximum absolute atomic E-state index is 12.3. The summed E-state index contributed by atoms with van der Waals surface area (Å²) >= 11 is 6.22. The van der Waals surface area contributed by atoms with Gasteiger partial charge in [0.05, 0.1) is 5.56 Å². The van der Waals surface area contributed by atoms with Crippen molar-refractivity contribution in [3.63, 3.8) is 0 Å². The highest BCUT2D eigenvalue weighted by Gasteiger charge is 2.38. The Bertz CT molecular complexity index is 383. The zero-order valence-electron chi connectivity index (χ0n) is 9.47. The van der Waals surface area contributed by atoms with E-state index in [4.69, 9.17) is 11.6 Å². The molecule has 0 radical (unpaired) electrons. The molecule has 0 bridgehead atoms. The first kappa shape index (κ1) is 12.7. The van der Waals surface area contributed by atoms with E-state index in [9.17, 15) is 13.2 Å². The highest BCUT2D eigenvalue weighted by atomic mass is 35.5. The Morgan fingerprint density at radius 3 is 2.24 bits per heavy atom. The number of rotatable bonds is 3. The summed E-state index contributed by atoms with van der Waals surface area (Å²) in [5.74, 6) is 1.19. The second kappa shape index (κ2) is 4.52. The number of hydrogen-bond acceptors (Lipinski definition) is 0. The number of halogens is 4. The van der Waals surface area contributed by atoms with Crippen molar-refractivity contribution < 1.29 is 13.2 Å². The quantitative estimate of drug-likeness (QED) is 0.703. The van der Waals surface area contributed by atoms with Crippen molar-refractivity contribution in [3.05, 3.63) is 35.4 Å². The van der Waals surface area contributed by atoms with E-state index in [2.05, 4.69) is 6.92 Å². The molecule has 17 heavy (non-hydrogen) atoms. The summed E-state index contributed by atoms with van der Waals surface area (Å²) in [7, 11) is 0. The van der Waals surface area contributed by atoms with Crippen LogP contribution < -0.4 is 0 Å². The lowest BCUT2D eigenvalue weighted by Gasteiger charge is -2.10. The third kappa shape index (κ3) is 3.15. The minimum Gasteiger partial charge on any atom is -0.166 e. The fourth-order valence-corrected chi connectivity index (χ4v) is 2.59. The van der Waals surface area contributed by atoms with Crippen LogP contribution in [0.2, 0.25) is 0 Å². The molecular formula is C13H14ClF3. The van der Waals surface area contributed by atoms with Crippen LogP contribution in [0.5, 0.6) is 0 Å². The lowest BCUT2D eigenvalue weighted by Crippen LogP contribution is -2.08. The van der Waals surface area contributed by atoms with Gasteiger partial charge in [0.2, 0.25) is 0 Å². The topological polar surface area (TPSA) is 0 Å². The lowest BCUT2D eigenvalue weighted by molar-refractivity contribution is -0.137. The fraction of sp³-hybridized carbons (Fsp3) is 0.538. The molecule has 0 aliphatic heterocycles. The molecule has 3 unspecified atom stereocenters. The van der Waals surface area contributed by atoms with Crippen molar-refractivity contribution in [1.29, 1.82) is 0 Å². The van der Waals surface area contributed by atoms with Gasteiger partial charge in [0.1, 0.15) is 0 Å². The van der Waals surface area contributed by atoms with Gasteiger partial charge < -0.3 is 0 Å². The number of hydrogen-bond donors (Lipinski definition) is 0. The minimum atomic E-state index is -4.26. The highest BCUT2D eigenvalue weighted by Crippen LogP contribution is 2.43. The van der Waals surface area contributed by atoms with Crippen molar-refractivity contribution in [2.45, 2.75) is 31.3 Å². The normalized spacial score (nSPS) is 25.7. The lowest BCUT2D eigenvalue weighted by atomic mass is 10.0. The second-order valence-corrected chi connectivity index (χ2v) is 5.35. The van der Waals surface area contributed by atoms with Gasteiger partial charge in [-0.05, 0) is 42.4 Å². The summed E-state index contributed by atoms with van der Waals surface area (Å²) in [6.45, 7) is 2.15. The average Bonchev–Trinajstić information content (AvgIpc) is 2.95. The monoisotopic (exact) mass is 262 g/mol. The Kier molecular flexibility index (Phi) is 3.39. The van der Waals surface area contributed by atoms with Crippen molar-refractivity contribution in [2.75, 3.05) is 0 Å². The Morgan fingerprint density at radius 2 is 1.82 bits per heavy atom. The van der Waals surface area contributed by atoms with Crippen LogP contribution in [0.4, 0.5) is 13.2 Å². The molecule has 0 spiro atoms. The van der Waals surface area contributed by atoms with Gasteiger partial charge in [0.15, 0.2) is 0 Å². The Balaban J connectivity index is 1.98. The van der Waals surface area contributed by atoms with Gasteiger partial charge in [-0.1, -0.05) is 19.1 Å². The van der Waals surface area contributed by atoms with Crippen LogP contribution in [0.1, 0.15) is 24.5 Å². The molecule has 0 N–H and O–H groups in total. The van der Waals surface area contributed by atoms with Crippen molar-refractivity contribution >= 4 is 11.6 Å². The smallest absolute Gasteiger partial charge is 0.166 e. The highest BCUT2D eigenvalue weighted by molar-refractivity contribution is 6.21. The molecule has 3 atom stereocenters. The van der Waals surface area contributed by atoms with Crippen molar-refractivity contribution in [3.8, 4) is 0 Å². The molecule has 0 amide bonds. The van der Waals surface area contributed by atoms with Crippen LogP contribution in [0.15, 0.2) is 24.3 Å². The summed E-state index contributed by atoms with van der Waals surface area (Å²) < 4.78 is 37.0. The number of benzene rings is 1. The summed E-state index contributed by atoms with van der Waals surface area (Å²) in [6.07, 6.45) is -2.48. The predicted molar refractivity (Wildman–Crippen MR) is 62.1 cm³/mol. The zero-order chi connectivity index (χ0) is 12.6. The molecule has 1 aromatic rings. The van der Waals surface area contributed by atoms with E-state index in [-0.39, 0.29) is 5.38 Å². The molecule has 0 saturated heterocycles. The SMILES string of the molecule is CC1CC1C(Cl)Cc1ccc(C(F)(F)F)cc1. The predicted octanol–water partition coefficient (Wildman–Crippen LogP) is 4.51. The summed E-state index contributed by atoms with van der Waals surface area (Å²) in [4.78, 5) is 0. The fourth-order valence-electron chi connectivity index (χ4n) is 2.06. The average molecular weight is 263 g/mol. The molecule has 0 heterocycles. The molecule has 1 aliphatic carbocycles. The van der Waals surface area contributed by atoms with Gasteiger partial charge >= 0.3 is 6.18 Å². The van der Waals surface area contributed by atoms with Gasteiger partial charge in [-0.25, -0.2) is 0 Å². The Hall–Kier alpha value is -0.700. The molecule has 1 aromatic carbocycles. The van der Waals surface area contributed by atoms with Crippen molar-refractivity contribution in [2.24, 2.45) is 11.8 Å². The van der Waals surface area contributed by atoms with E-state index < -0.39 is 11.7 Å². The third-order valence-corrected chi connectivity index (χ3v) is 3.83. The van der Waals surface area contributed by atoms with E-state index in [1.54, 1.807) is 0 Å². The van der Waals surface area contributed by atoms with E-state index in [1.165, 1.54) is 12.1 Å². The maximum atomic E-state index is 12.3. The molecule has 4 heteroatoms. The molecule has 0 aromatic heterocycles. The Labute approximate surface area is 104 Å². The summed E-state index contributed by atoms with van der Waals surface area (Å²) in [5, 5.41) is 0.0433. The molecule has 0 nitrogen and oxygen atoms in total. The molecule has 1 aliphatic rings. The molecule has 2 rings (SSSR count). The van der Waals surface area contributed by atoms with E-state index in [1.807, 2.05) is 0 Å². The standard InChI is InChI=1S/C13H14ClF3/c1-8-6-11(8)12(14)7-9-2-4-10(5-3-9)13(15,16)17/h2-5,8,11-12H,6-7H2,1H3. The Morgan fingerprint density at radius 1 is 1.29 bits per heavy atom.